The minimum atomic E-state index is 1.03. The average Bonchev–Trinajstić information content (AvgIpc) is 1.61. The molecule has 0 aromatic carbocycles. The van der Waals surface area contributed by atoms with Gasteiger partial charge in [-0.3, -0.25) is 3.63 Å². The van der Waals surface area contributed by atoms with Gasteiger partial charge in [-0.1, -0.05) is 6.92 Å². The van der Waals surface area contributed by atoms with Crippen LogP contribution >= 0.6 is 25.0 Å². The monoisotopic (exact) mass is 124 g/mol. The second-order valence-corrected chi connectivity index (χ2v) is 2.14. The van der Waals surface area contributed by atoms with Gasteiger partial charge in [0.2, 0.25) is 0 Å². The Hall–Kier alpha value is 0.660. The highest BCUT2D eigenvalue weighted by Crippen LogP contribution is 2.04. The van der Waals surface area contributed by atoms with Crippen LogP contribution in [0.2, 0.25) is 0 Å². The van der Waals surface area contributed by atoms with Crippen LogP contribution in [0, 0.1) is 0 Å². The van der Waals surface area contributed by atoms with Crippen molar-refractivity contribution in [1.29, 1.82) is 0 Å². The zero-order valence-corrected chi connectivity index (χ0v) is 5.39. The summed E-state index contributed by atoms with van der Waals surface area (Å²) in [5.41, 5.74) is 0. The smallest absolute Gasteiger partial charge is 0.0207 e. The Balaban J connectivity index is 2.34. The Labute approximate surface area is 48.3 Å². The molecule has 0 saturated carbocycles. The van der Waals surface area contributed by atoms with Gasteiger partial charge in [0.25, 0.3) is 0 Å². The van der Waals surface area contributed by atoms with E-state index >= 15 is 0 Å². The Bertz CT molecular complexity index is 20.8. The van der Waals surface area contributed by atoms with Crippen LogP contribution in [0.25, 0.3) is 0 Å². The summed E-state index contributed by atoms with van der Waals surface area (Å²) in [5, 5.41) is 0. The fourth-order valence-electron chi connectivity index (χ4n) is 0.121. The first-order chi connectivity index (χ1) is 2.91. The first kappa shape index (κ1) is 6.66. The lowest BCUT2D eigenvalue weighted by Crippen LogP contribution is -1.67. The Kier molecular flexibility index (Phi) is 6.28. The zero-order chi connectivity index (χ0) is 4.83. The van der Waals surface area contributed by atoms with Gasteiger partial charge in [0, 0.05) is 17.8 Å². The maximum atomic E-state index is 4.39. The Morgan fingerprint density at radius 1 is 1.83 bits per heavy atom. The number of hydrogen-bond donors (Lipinski definition) is 1. The second-order valence-electron chi connectivity index (χ2n) is 0.897. The van der Waals surface area contributed by atoms with Crippen molar-refractivity contribution in [3.8, 4) is 0 Å². The fraction of sp³-hybridized carbons (Fsp3) is 1.00. The van der Waals surface area contributed by atoms with Crippen molar-refractivity contribution in [3.05, 3.63) is 0 Å². The third kappa shape index (κ3) is 4.66. The molecule has 0 fully saturated rings. The molecule has 0 heterocycles. The molecule has 0 aromatic rings. The summed E-state index contributed by atoms with van der Waals surface area (Å²) >= 11 is 4.89. The molecule has 0 unspecified atom stereocenters. The summed E-state index contributed by atoms with van der Waals surface area (Å²) in [6, 6.07) is 0. The first-order valence-corrected chi connectivity index (χ1v) is 3.12. The quantitative estimate of drug-likeness (QED) is 0.349. The van der Waals surface area contributed by atoms with E-state index in [1.54, 1.807) is 0 Å². The molecule has 0 N–H and O–H groups in total. The standard InChI is InChI=1S/C3H8OS2/c1-2-3-6-4-5/h5H,2-3H2,1H3. The molecule has 0 spiro atoms. The molecule has 0 saturated heterocycles. The van der Waals surface area contributed by atoms with E-state index in [2.05, 4.69) is 23.5 Å². The normalized spacial score (nSPS) is 9.00. The van der Waals surface area contributed by atoms with Gasteiger partial charge < -0.3 is 0 Å². The summed E-state index contributed by atoms with van der Waals surface area (Å²) in [6.07, 6.45) is 1.14. The minimum Gasteiger partial charge on any atom is -0.250 e. The maximum Gasteiger partial charge on any atom is 0.0207 e. The predicted molar refractivity (Wildman–Crippen MR) is 32.8 cm³/mol. The van der Waals surface area contributed by atoms with Gasteiger partial charge in [0.05, 0.1) is 0 Å². The molecule has 0 atom stereocenters. The lowest BCUT2D eigenvalue weighted by Gasteiger charge is -1.86. The van der Waals surface area contributed by atoms with Crippen molar-refractivity contribution >= 4 is 25.0 Å². The second kappa shape index (κ2) is 5.66. The number of thiol groups is 1. The molecule has 0 radical (unpaired) electrons. The van der Waals surface area contributed by atoms with Gasteiger partial charge >= 0.3 is 0 Å². The SMILES string of the molecule is CCCSOS. The van der Waals surface area contributed by atoms with Crippen LogP contribution in [-0.4, -0.2) is 5.75 Å². The summed E-state index contributed by atoms with van der Waals surface area (Å²) in [4.78, 5) is 0. The molecular weight excluding hydrogens is 116 g/mol. The van der Waals surface area contributed by atoms with E-state index < -0.39 is 0 Å². The number of hydrogen-bond acceptors (Lipinski definition) is 3. The van der Waals surface area contributed by atoms with Crippen molar-refractivity contribution in [2.75, 3.05) is 5.75 Å². The van der Waals surface area contributed by atoms with Crippen molar-refractivity contribution in [1.82, 2.24) is 0 Å². The van der Waals surface area contributed by atoms with Gasteiger partial charge in [-0.25, -0.2) is 0 Å². The van der Waals surface area contributed by atoms with E-state index in [1.807, 2.05) is 0 Å². The minimum absolute atomic E-state index is 1.03. The molecule has 0 aliphatic carbocycles. The van der Waals surface area contributed by atoms with E-state index in [1.165, 1.54) is 12.0 Å². The first-order valence-electron chi connectivity index (χ1n) is 1.85. The van der Waals surface area contributed by atoms with Crippen LogP contribution in [0.1, 0.15) is 13.3 Å². The summed E-state index contributed by atoms with van der Waals surface area (Å²) < 4.78 is 4.39. The summed E-state index contributed by atoms with van der Waals surface area (Å²) in [6.45, 7) is 2.10. The largest absolute Gasteiger partial charge is 0.250 e. The van der Waals surface area contributed by atoms with Gasteiger partial charge in [0.15, 0.2) is 0 Å². The lowest BCUT2D eigenvalue weighted by atomic mass is 10.6. The maximum absolute atomic E-state index is 4.39. The van der Waals surface area contributed by atoms with Gasteiger partial charge in [-0.15, -0.1) is 0 Å². The highest BCUT2D eigenvalue weighted by molar-refractivity contribution is 8.01. The molecule has 0 aromatic heterocycles. The molecule has 1 nitrogen and oxygen atoms in total. The van der Waals surface area contributed by atoms with Crippen LogP contribution in [0.3, 0.4) is 0 Å². The van der Waals surface area contributed by atoms with E-state index in [9.17, 15) is 0 Å². The summed E-state index contributed by atoms with van der Waals surface area (Å²) in [5.74, 6) is 1.03. The molecule has 3 heteroatoms. The zero-order valence-electron chi connectivity index (χ0n) is 3.68. The average molecular weight is 124 g/mol. The molecule has 6 heavy (non-hydrogen) atoms. The van der Waals surface area contributed by atoms with Crippen LogP contribution in [0.5, 0.6) is 0 Å². The molecule has 0 aliphatic heterocycles. The van der Waals surface area contributed by atoms with Crippen LogP contribution in [0.15, 0.2) is 0 Å². The highest BCUT2D eigenvalue weighted by atomic mass is 32.2. The van der Waals surface area contributed by atoms with E-state index in [4.69, 9.17) is 0 Å². The Morgan fingerprint density at radius 2 is 2.50 bits per heavy atom. The summed E-state index contributed by atoms with van der Waals surface area (Å²) in [7, 11) is 0. The van der Waals surface area contributed by atoms with Crippen LogP contribution in [-0.2, 0) is 3.63 Å². The third-order valence-electron chi connectivity index (χ3n) is 0.340. The molecule has 0 rings (SSSR count). The third-order valence-corrected chi connectivity index (χ3v) is 1.34. The van der Waals surface area contributed by atoms with Crippen LogP contribution in [0.4, 0.5) is 0 Å². The predicted octanol–water partition coefficient (Wildman–Crippen LogP) is 1.91. The van der Waals surface area contributed by atoms with E-state index in [0.717, 1.165) is 12.2 Å². The lowest BCUT2D eigenvalue weighted by molar-refractivity contribution is 0.770. The van der Waals surface area contributed by atoms with Gasteiger partial charge in [0.1, 0.15) is 0 Å². The fourth-order valence-corrected chi connectivity index (χ4v) is 0.585. The van der Waals surface area contributed by atoms with Crippen molar-refractivity contribution in [2.24, 2.45) is 0 Å². The van der Waals surface area contributed by atoms with Crippen molar-refractivity contribution in [3.63, 3.8) is 0 Å². The van der Waals surface area contributed by atoms with Gasteiger partial charge in [-0.2, -0.15) is 0 Å². The van der Waals surface area contributed by atoms with Crippen LogP contribution < -0.4 is 0 Å². The van der Waals surface area contributed by atoms with Crippen molar-refractivity contribution in [2.45, 2.75) is 13.3 Å². The van der Waals surface area contributed by atoms with E-state index in [-0.39, 0.29) is 0 Å². The van der Waals surface area contributed by atoms with E-state index in [0.29, 0.717) is 0 Å². The Morgan fingerprint density at radius 3 is 2.67 bits per heavy atom. The molecule has 0 amide bonds. The topological polar surface area (TPSA) is 9.23 Å². The number of rotatable bonds is 3. The molecular formula is C3H8OS2. The molecule has 0 aliphatic rings. The molecule has 38 valence electrons. The molecule has 0 bridgehead atoms. The highest BCUT2D eigenvalue weighted by Gasteiger charge is 1.76. The van der Waals surface area contributed by atoms with Crippen molar-refractivity contribution < 1.29 is 3.63 Å². The van der Waals surface area contributed by atoms with Gasteiger partial charge in [-0.05, 0) is 19.3 Å².